The highest BCUT2D eigenvalue weighted by molar-refractivity contribution is 7.98. The maximum Gasteiger partial charge on any atom is 0.326 e. The highest BCUT2D eigenvalue weighted by atomic mass is 32.2. The summed E-state index contributed by atoms with van der Waals surface area (Å²) in [4.78, 5) is 33.2. The molecule has 0 aromatic heterocycles. The van der Waals surface area contributed by atoms with E-state index in [0.717, 1.165) is 12.2 Å². The predicted molar refractivity (Wildman–Crippen MR) is 74.0 cm³/mol. The van der Waals surface area contributed by atoms with Crippen LogP contribution in [0.5, 0.6) is 0 Å². The Labute approximate surface area is 116 Å². The number of nitrogens with two attached hydrogens (primary N) is 1. The first-order chi connectivity index (χ1) is 8.90. The summed E-state index contributed by atoms with van der Waals surface area (Å²) in [6, 6.07) is -1.67. The second-order valence-corrected chi connectivity index (χ2v) is 4.98. The van der Waals surface area contributed by atoms with Crippen LogP contribution in [0.2, 0.25) is 0 Å². The lowest BCUT2D eigenvalue weighted by atomic mass is 10.1. The molecule has 0 saturated heterocycles. The maximum atomic E-state index is 11.6. The fourth-order valence-electron chi connectivity index (χ4n) is 1.39. The lowest BCUT2D eigenvalue weighted by Gasteiger charge is -2.19. The zero-order valence-corrected chi connectivity index (χ0v) is 12.0. The SMILES string of the molecule is CCC(CSC)NC(=O)NC(CCC(N)=O)C(=O)O. The van der Waals surface area contributed by atoms with Crippen LogP contribution in [0.25, 0.3) is 0 Å². The van der Waals surface area contributed by atoms with Crippen LogP contribution in [0.15, 0.2) is 0 Å². The van der Waals surface area contributed by atoms with Gasteiger partial charge in [0.05, 0.1) is 0 Å². The van der Waals surface area contributed by atoms with Crippen molar-refractivity contribution in [3.8, 4) is 0 Å². The molecule has 0 bridgehead atoms. The van der Waals surface area contributed by atoms with Crippen molar-refractivity contribution in [1.29, 1.82) is 0 Å². The Hall–Kier alpha value is -1.44. The number of hydrogen-bond acceptors (Lipinski definition) is 4. The van der Waals surface area contributed by atoms with Gasteiger partial charge in [0.1, 0.15) is 6.04 Å². The van der Waals surface area contributed by atoms with Crippen molar-refractivity contribution < 1.29 is 19.5 Å². The number of hydrogen-bond donors (Lipinski definition) is 4. The Morgan fingerprint density at radius 2 is 1.95 bits per heavy atom. The third-order valence-corrected chi connectivity index (χ3v) is 3.21. The summed E-state index contributed by atoms with van der Waals surface area (Å²) in [6.45, 7) is 1.93. The minimum absolute atomic E-state index is 0.0133. The molecule has 0 heterocycles. The monoisotopic (exact) mass is 291 g/mol. The summed E-state index contributed by atoms with van der Waals surface area (Å²) in [7, 11) is 0. The second kappa shape index (κ2) is 9.48. The predicted octanol–water partition coefficient (Wildman–Crippen LogP) is 0.146. The molecule has 3 amide bonds. The third-order valence-electron chi connectivity index (χ3n) is 2.48. The smallest absolute Gasteiger partial charge is 0.326 e. The van der Waals surface area contributed by atoms with Crippen LogP contribution in [0.1, 0.15) is 26.2 Å². The first kappa shape index (κ1) is 17.6. The molecule has 0 rings (SSSR count). The van der Waals surface area contributed by atoms with Gasteiger partial charge in [0.2, 0.25) is 5.91 Å². The van der Waals surface area contributed by atoms with E-state index in [4.69, 9.17) is 10.8 Å². The second-order valence-electron chi connectivity index (χ2n) is 4.07. The van der Waals surface area contributed by atoms with Crippen LogP contribution >= 0.6 is 11.8 Å². The molecule has 2 atom stereocenters. The normalized spacial score (nSPS) is 13.4. The average Bonchev–Trinajstić information content (AvgIpc) is 2.33. The van der Waals surface area contributed by atoms with E-state index in [9.17, 15) is 14.4 Å². The Morgan fingerprint density at radius 1 is 1.32 bits per heavy atom. The zero-order valence-electron chi connectivity index (χ0n) is 11.1. The molecule has 0 aliphatic carbocycles. The molecular weight excluding hydrogens is 270 g/mol. The van der Waals surface area contributed by atoms with Gasteiger partial charge >= 0.3 is 12.0 Å². The molecule has 19 heavy (non-hydrogen) atoms. The van der Waals surface area contributed by atoms with Gasteiger partial charge in [0, 0.05) is 18.2 Å². The lowest BCUT2D eigenvalue weighted by molar-refractivity contribution is -0.139. The molecule has 0 aliphatic rings. The quantitative estimate of drug-likeness (QED) is 0.481. The van der Waals surface area contributed by atoms with Crippen LogP contribution in [-0.2, 0) is 9.59 Å². The van der Waals surface area contributed by atoms with Crippen molar-refractivity contribution in [3.05, 3.63) is 0 Å². The topological polar surface area (TPSA) is 122 Å². The number of carbonyl (C=O) groups excluding carboxylic acids is 2. The van der Waals surface area contributed by atoms with E-state index >= 15 is 0 Å². The molecule has 0 aromatic carbocycles. The Balaban J connectivity index is 4.30. The van der Waals surface area contributed by atoms with Gasteiger partial charge in [-0.05, 0) is 19.1 Å². The molecular formula is C11H21N3O4S. The molecule has 5 N–H and O–H groups in total. The number of carboxylic acids is 1. The van der Waals surface area contributed by atoms with Crippen LogP contribution in [0.3, 0.4) is 0 Å². The summed E-state index contributed by atoms with van der Waals surface area (Å²) < 4.78 is 0. The van der Waals surface area contributed by atoms with Crippen LogP contribution in [0, 0.1) is 0 Å². The summed E-state index contributed by atoms with van der Waals surface area (Å²) in [5.74, 6) is -1.03. The van der Waals surface area contributed by atoms with Crippen LogP contribution in [-0.4, -0.2) is 47.1 Å². The molecule has 0 radical (unpaired) electrons. The van der Waals surface area contributed by atoms with Crippen molar-refractivity contribution in [2.75, 3.05) is 12.0 Å². The van der Waals surface area contributed by atoms with Gasteiger partial charge in [-0.2, -0.15) is 11.8 Å². The fraction of sp³-hybridized carbons (Fsp3) is 0.727. The molecule has 0 saturated carbocycles. The Bertz CT molecular complexity index is 325. The molecule has 8 heteroatoms. The van der Waals surface area contributed by atoms with Gasteiger partial charge in [0.25, 0.3) is 0 Å². The fourth-order valence-corrected chi connectivity index (χ4v) is 2.11. The van der Waals surface area contributed by atoms with Crippen LogP contribution in [0.4, 0.5) is 4.79 Å². The highest BCUT2D eigenvalue weighted by Gasteiger charge is 2.21. The number of amides is 3. The number of thioether (sulfide) groups is 1. The summed E-state index contributed by atoms with van der Waals surface area (Å²) in [5, 5.41) is 13.9. The molecule has 0 aromatic rings. The third kappa shape index (κ3) is 8.30. The van der Waals surface area contributed by atoms with Crippen LogP contribution < -0.4 is 16.4 Å². The van der Waals surface area contributed by atoms with E-state index in [1.807, 2.05) is 13.2 Å². The maximum absolute atomic E-state index is 11.6. The van der Waals surface area contributed by atoms with E-state index in [-0.39, 0.29) is 18.9 Å². The summed E-state index contributed by atoms with van der Waals surface area (Å²) >= 11 is 1.60. The van der Waals surface area contributed by atoms with Crippen molar-refractivity contribution in [1.82, 2.24) is 10.6 Å². The van der Waals surface area contributed by atoms with E-state index < -0.39 is 23.9 Å². The lowest BCUT2D eigenvalue weighted by Crippen LogP contribution is -2.49. The minimum Gasteiger partial charge on any atom is -0.480 e. The Kier molecular flexibility index (Phi) is 8.77. The number of carbonyl (C=O) groups is 3. The van der Waals surface area contributed by atoms with Gasteiger partial charge in [0.15, 0.2) is 0 Å². The van der Waals surface area contributed by atoms with E-state index in [1.54, 1.807) is 11.8 Å². The first-order valence-corrected chi connectivity index (χ1v) is 7.37. The Morgan fingerprint density at radius 3 is 2.37 bits per heavy atom. The van der Waals surface area contributed by atoms with E-state index in [0.29, 0.717) is 0 Å². The largest absolute Gasteiger partial charge is 0.480 e. The van der Waals surface area contributed by atoms with Gasteiger partial charge in [-0.1, -0.05) is 6.92 Å². The van der Waals surface area contributed by atoms with Crippen molar-refractivity contribution in [2.45, 2.75) is 38.3 Å². The van der Waals surface area contributed by atoms with E-state index in [1.165, 1.54) is 0 Å². The average molecular weight is 291 g/mol. The number of nitrogens with one attached hydrogen (secondary N) is 2. The van der Waals surface area contributed by atoms with Crippen molar-refractivity contribution in [3.63, 3.8) is 0 Å². The van der Waals surface area contributed by atoms with Gasteiger partial charge in [-0.3, -0.25) is 4.79 Å². The first-order valence-electron chi connectivity index (χ1n) is 5.97. The molecule has 110 valence electrons. The number of primary amides is 1. The van der Waals surface area contributed by atoms with Gasteiger partial charge in [-0.15, -0.1) is 0 Å². The molecule has 0 aliphatic heterocycles. The standard InChI is InChI=1S/C11H21N3O4S/c1-3-7(6-19-2)13-11(18)14-8(10(16)17)4-5-9(12)15/h7-8H,3-6H2,1-2H3,(H2,12,15)(H,16,17)(H2,13,14,18). The van der Waals surface area contributed by atoms with Crippen molar-refractivity contribution >= 4 is 29.7 Å². The number of carboxylic acid groups (broad SMARTS) is 1. The summed E-state index contributed by atoms with van der Waals surface area (Å²) in [5.41, 5.74) is 4.95. The number of urea groups is 1. The highest BCUT2D eigenvalue weighted by Crippen LogP contribution is 2.02. The van der Waals surface area contributed by atoms with Gasteiger partial charge in [-0.25, -0.2) is 9.59 Å². The summed E-state index contributed by atoms with van der Waals surface area (Å²) in [6.07, 6.45) is 2.58. The van der Waals surface area contributed by atoms with Gasteiger partial charge < -0.3 is 21.5 Å². The minimum atomic E-state index is -1.19. The molecule has 2 unspecified atom stereocenters. The molecule has 7 nitrogen and oxygen atoms in total. The molecule has 0 fully saturated rings. The number of aliphatic carboxylic acids is 1. The van der Waals surface area contributed by atoms with E-state index in [2.05, 4.69) is 10.6 Å². The molecule has 0 spiro atoms. The number of rotatable bonds is 9. The van der Waals surface area contributed by atoms with Crippen molar-refractivity contribution in [2.24, 2.45) is 5.73 Å². The zero-order chi connectivity index (χ0) is 14.8.